The molecule has 0 aromatic heterocycles. The van der Waals surface area contributed by atoms with Crippen molar-refractivity contribution in [3.05, 3.63) is 0 Å². The van der Waals surface area contributed by atoms with Gasteiger partial charge in [-0.2, -0.15) is 0 Å². The van der Waals surface area contributed by atoms with Crippen LogP contribution in [0.1, 0.15) is 124 Å². The Bertz CT molecular complexity index is 557. The monoisotopic (exact) mass is 408 g/mol. The zero-order valence-electron chi connectivity index (χ0n) is 19.5. The minimum Gasteiger partial charge on any atom is -0.207 e. The van der Waals surface area contributed by atoms with Crippen LogP contribution in [0.15, 0.2) is 0 Å². The van der Waals surface area contributed by atoms with Gasteiger partial charge in [-0.25, -0.2) is 8.78 Å². The molecule has 0 bridgehead atoms. The highest BCUT2D eigenvalue weighted by atomic mass is 19.3. The fourth-order valence-corrected chi connectivity index (χ4v) is 8.93. The van der Waals surface area contributed by atoms with Crippen molar-refractivity contribution in [2.24, 2.45) is 40.4 Å². The van der Waals surface area contributed by atoms with Gasteiger partial charge >= 0.3 is 0 Å². The number of rotatable bonds is 7. The normalized spacial score (nSPS) is 46.0. The first-order valence-electron chi connectivity index (χ1n) is 13.2. The maximum atomic E-state index is 14.1. The summed E-state index contributed by atoms with van der Waals surface area (Å²) in [6.07, 6.45) is 18.9. The van der Waals surface area contributed by atoms with Crippen LogP contribution in [0.4, 0.5) is 8.78 Å². The van der Waals surface area contributed by atoms with E-state index in [9.17, 15) is 8.78 Å². The van der Waals surface area contributed by atoms with Gasteiger partial charge in [-0.05, 0) is 91.8 Å². The fraction of sp³-hybridized carbons (Fsp3) is 1.00. The molecule has 0 spiro atoms. The largest absolute Gasteiger partial charge is 0.248 e. The van der Waals surface area contributed by atoms with Gasteiger partial charge in [-0.3, -0.25) is 0 Å². The lowest BCUT2D eigenvalue weighted by molar-refractivity contribution is -0.163. The van der Waals surface area contributed by atoms with Crippen LogP contribution in [-0.4, -0.2) is 5.92 Å². The molecule has 168 valence electrons. The third-order valence-electron chi connectivity index (χ3n) is 10.7. The minimum absolute atomic E-state index is 0.145. The van der Waals surface area contributed by atoms with Gasteiger partial charge in [0, 0.05) is 12.8 Å². The Hall–Kier alpha value is -0.140. The maximum absolute atomic E-state index is 14.1. The molecule has 0 nitrogen and oxygen atoms in total. The second kappa shape index (κ2) is 8.42. The van der Waals surface area contributed by atoms with Gasteiger partial charge in [0.15, 0.2) is 0 Å². The number of halogens is 2. The van der Waals surface area contributed by atoms with E-state index in [0.29, 0.717) is 5.41 Å². The molecule has 4 aliphatic carbocycles. The zero-order chi connectivity index (χ0) is 20.7. The highest BCUT2D eigenvalue weighted by Gasteiger charge is 2.61. The van der Waals surface area contributed by atoms with E-state index in [2.05, 4.69) is 20.8 Å². The Morgan fingerprint density at radius 1 is 0.724 bits per heavy atom. The fourth-order valence-electron chi connectivity index (χ4n) is 8.93. The standard InChI is InChI=1S/C27H46F2/c1-4-5-6-7-8-9-10-20-12-14-23-22-13-11-21-19-27(28,29)18-17-26(21,3)24(22)15-16-25(20,23)2/h20-24H,4-19H2,1-3H3. The van der Waals surface area contributed by atoms with Crippen LogP contribution in [0.5, 0.6) is 0 Å². The first-order chi connectivity index (χ1) is 13.8. The van der Waals surface area contributed by atoms with E-state index in [1.807, 2.05) is 0 Å². The third kappa shape index (κ3) is 4.05. The zero-order valence-corrected chi connectivity index (χ0v) is 19.5. The lowest BCUT2D eigenvalue weighted by Gasteiger charge is -2.61. The molecule has 7 unspecified atom stereocenters. The second-order valence-corrected chi connectivity index (χ2v) is 12.1. The molecular weight excluding hydrogens is 362 g/mol. The highest BCUT2D eigenvalue weighted by molar-refractivity contribution is 5.09. The summed E-state index contributed by atoms with van der Waals surface area (Å²) in [6.45, 7) is 7.34. The molecule has 4 aliphatic rings. The van der Waals surface area contributed by atoms with Crippen molar-refractivity contribution in [3.63, 3.8) is 0 Å². The predicted octanol–water partition coefficient (Wildman–Crippen LogP) is 9.03. The minimum atomic E-state index is -2.39. The van der Waals surface area contributed by atoms with Crippen molar-refractivity contribution in [1.29, 1.82) is 0 Å². The van der Waals surface area contributed by atoms with Gasteiger partial charge in [-0.15, -0.1) is 0 Å². The van der Waals surface area contributed by atoms with Crippen LogP contribution >= 0.6 is 0 Å². The molecule has 2 heteroatoms. The summed E-state index contributed by atoms with van der Waals surface area (Å²) in [5.41, 5.74) is 0.746. The molecule has 4 saturated carbocycles. The van der Waals surface area contributed by atoms with E-state index in [1.165, 1.54) is 77.0 Å². The van der Waals surface area contributed by atoms with Crippen molar-refractivity contribution >= 4 is 0 Å². The average Bonchev–Trinajstić information content (AvgIpc) is 3.01. The number of fused-ring (bicyclic) bond motifs is 5. The molecule has 0 aromatic carbocycles. The van der Waals surface area contributed by atoms with Crippen LogP contribution in [0.3, 0.4) is 0 Å². The Morgan fingerprint density at radius 3 is 2.24 bits per heavy atom. The van der Waals surface area contributed by atoms with Crippen LogP contribution in [0, 0.1) is 40.4 Å². The van der Waals surface area contributed by atoms with E-state index >= 15 is 0 Å². The van der Waals surface area contributed by atoms with E-state index in [4.69, 9.17) is 0 Å². The van der Waals surface area contributed by atoms with Crippen LogP contribution in [0.2, 0.25) is 0 Å². The Morgan fingerprint density at radius 2 is 1.45 bits per heavy atom. The number of unbranched alkanes of at least 4 members (excludes halogenated alkanes) is 5. The molecule has 0 aromatic rings. The quantitative estimate of drug-likeness (QED) is 0.369. The number of hydrogen-bond donors (Lipinski definition) is 0. The second-order valence-electron chi connectivity index (χ2n) is 12.1. The molecule has 0 saturated heterocycles. The summed E-state index contributed by atoms with van der Waals surface area (Å²) in [5.74, 6) is 1.25. The predicted molar refractivity (Wildman–Crippen MR) is 118 cm³/mol. The lowest BCUT2D eigenvalue weighted by atomic mass is 9.44. The molecule has 0 heterocycles. The third-order valence-corrected chi connectivity index (χ3v) is 10.7. The van der Waals surface area contributed by atoms with E-state index < -0.39 is 5.92 Å². The lowest BCUT2D eigenvalue weighted by Crippen LogP contribution is -2.54. The molecule has 0 N–H and O–H groups in total. The molecular formula is C27H46F2. The van der Waals surface area contributed by atoms with Crippen molar-refractivity contribution in [3.8, 4) is 0 Å². The van der Waals surface area contributed by atoms with Gasteiger partial charge in [0.05, 0.1) is 0 Å². The summed E-state index contributed by atoms with van der Waals surface area (Å²) < 4.78 is 28.2. The smallest absolute Gasteiger partial charge is 0.207 e. The van der Waals surface area contributed by atoms with Crippen molar-refractivity contribution in [2.75, 3.05) is 0 Å². The topological polar surface area (TPSA) is 0 Å². The Kier molecular flexibility index (Phi) is 6.41. The maximum Gasteiger partial charge on any atom is 0.248 e. The van der Waals surface area contributed by atoms with Crippen LogP contribution in [-0.2, 0) is 0 Å². The highest BCUT2D eigenvalue weighted by Crippen LogP contribution is 2.68. The summed E-state index contributed by atoms with van der Waals surface area (Å²) in [5, 5.41) is 0. The average molecular weight is 409 g/mol. The summed E-state index contributed by atoms with van der Waals surface area (Å²) in [7, 11) is 0. The molecule has 0 radical (unpaired) electrons. The molecule has 4 fully saturated rings. The van der Waals surface area contributed by atoms with Gasteiger partial charge in [0.2, 0.25) is 5.92 Å². The van der Waals surface area contributed by atoms with Gasteiger partial charge in [-0.1, -0.05) is 59.3 Å². The van der Waals surface area contributed by atoms with Gasteiger partial charge < -0.3 is 0 Å². The summed E-state index contributed by atoms with van der Waals surface area (Å²) >= 11 is 0. The number of alkyl halides is 2. The van der Waals surface area contributed by atoms with Crippen LogP contribution in [0.25, 0.3) is 0 Å². The Balaban J connectivity index is 1.38. The molecule has 29 heavy (non-hydrogen) atoms. The van der Waals surface area contributed by atoms with Gasteiger partial charge in [0.1, 0.15) is 0 Å². The van der Waals surface area contributed by atoms with Gasteiger partial charge in [0.25, 0.3) is 0 Å². The van der Waals surface area contributed by atoms with E-state index in [-0.39, 0.29) is 24.2 Å². The first kappa shape index (κ1) is 22.1. The Labute approximate surface area is 179 Å². The SMILES string of the molecule is CCCCCCCCC1CCC2C3CCC4CC(F)(F)CCC4(C)C3CCC12C. The molecule has 4 rings (SSSR count). The molecule has 7 atom stereocenters. The van der Waals surface area contributed by atoms with Crippen LogP contribution < -0.4 is 0 Å². The van der Waals surface area contributed by atoms with E-state index in [1.54, 1.807) is 0 Å². The van der Waals surface area contributed by atoms with Crippen molar-refractivity contribution < 1.29 is 8.78 Å². The summed E-state index contributed by atoms with van der Waals surface area (Å²) in [6, 6.07) is 0. The van der Waals surface area contributed by atoms with E-state index in [0.717, 1.165) is 36.5 Å². The molecule has 0 amide bonds. The first-order valence-corrected chi connectivity index (χ1v) is 13.2. The summed E-state index contributed by atoms with van der Waals surface area (Å²) in [4.78, 5) is 0. The van der Waals surface area contributed by atoms with Crippen molar-refractivity contribution in [1.82, 2.24) is 0 Å². The number of hydrogen-bond acceptors (Lipinski definition) is 0. The molecule has 0 aliphatic heterocycles. The van der Waals surface area contributed by atoms with Crippen molar-refractivity contribution in [2.45, 2.75) is 129 Å².